The topological polar surface area (TPSA) is 41.6 Å². The molecular weight excluding hydrogens is 296 g/mol. The predicted octanol–water partition coefficient (Wildman–Crippen LogP) is 3.23. The summed E-state index contributed by atoms with van der Waals surface area (Å²) >= 11 is 1.79. The number of hydrogen-bond acceptors (Lipinski definition) is 4. The zero-order chi connectivity index (χ0) is 15.4. The normalized spacial score (nSPS) is 19.3. The van der Waals surface area contributed by atoms with E-state index in [0.717, 1.165) is 61.2 Å². The Bertz CT molecular complexity index is 527. The van der Waals surface area contributed by atoms with Gasteiger partial charge in [0.05, 0.1) is 11.5 Å². The number of piperidine rings is 1. The summed E-state index contributed by atoms with van der Waals surface area (Å²) in [5.41, 5.74) is 0.887. The van der Waals surface area contributed by atoms with Gasteiger partial charge in [0.15, 0.2) is 0 Å². The first-order valence-corrected chi connectivity index (χ1v) is 9.17. The molecule has 1 saturated heterocycles. The fraction of sp³-hybridized carbons (Fsp3) is 0.588. The molecule has 5 heteroatoms. The maximum absolute atomic E-state index is 12.4. The van der Waals surface area contributed by atoms with Gasteiger partial charge in [-0.05, 0) is 57.1 Å². The molecule has 2 aliphatic rings. The summed E-state index contributed by atoms with van der Waals surface area (Å²) in [6, 6.07) is 5.93. The van der Waals surface area contributed by atoms with Crippen LogP contribution in [0.5, 0.6) is 5.75 Å². The van der Waals surface area contributed by atoms with Gasteiger partial charge in [-0.3, -0.25) is 4.79 Å². The summed E-state index contributed by atoms with van der Waals surface area (Å²) in [6.07, 6.45) is 3.12. The van der Waals surface area contributed by atoms with Crippen molar-refractivity contribution in [3.63, 3.8) is 0 Å². The average Bonchev–Trinajstić information content (AvgIpc) is 2.56. The van der Waals surface area contributed by atoms with Crippen LogP contribution < -0.4 is 10.1 Å². The molecule has 3 rings (SSSR count). The van der Waals surface area contributed by atoms with E-state index in [1.165, 1.54) is 6.42 Å². The Morgan fingerprint density at radius 3 is 3.00 bits per heavy atom. The quantitative estimate of drug-likeness (QED) is 0.925. The highest BCUT2D eigenvalue weighted by molar-refractivity contribution is 7.99. The van der Waals surface area contributed by atoms with Gasteiger partial charge in [-0.2, -0.15) is 0 Å². The lowest BCUT2D eigenvalue weighted by molar-refractivity contribution is -0.121. The van der Waals surface area contributed by atoms with Gasteiger partial charge in [0.25, 0.3) is 0 Å². The van der Waals surface area contributed by atoms with Gasteiger partial charge in [0.1, 0.15) is 5.75 Å². The number of benzene rings is 1. The molecule has 120 valence electrons. The van der Waals surface area contributed by atoms with Crippen LogP contribution in [0, 0.1) is 5.92 Å². The van der Waals surface area contributed by atoms with Gasteiger partial charge in [-0.25, -0.2) is 0 Å². The van der Waals surface area contributed by atoms with Crippen molar-refractivity contribution in [3.8, 4) is 5.75 Å². The summed E-state index contributed by atoms with van der Waals surface area (Å²) in [5.74, 6) is 2.22. The number of fused-ring (bicyclic) bond motifs is 1. The van der Waals surface area contributed by atoms with Crippen molar-refractivity contribution >= 4 is 23.4 Å². The summed E-state index contributed by atoms with van der Waals surface area (Å²) in [7, 11) is 0. The van der Waals surface area contributed by atoms with Crippen molar-refractivity contribution in [1.29, 1.82) is 0 Å². The number of amides is 1. The smallest absolute Gasteiger partial charge is 0.227 e. The van der Waals surface area contributed by atoms with E-state index in [4.69, 9.17) is 4.74 Å². The maximum atomic E-state index is 12.4. The molecule has 0 unspecified atom stereocenters. The van der Waals surface area contributed by atoms with Crippen LogP contribution in [0.1, 0.15) is 26.2 Å². The Morgan fingerprint density at radius 1 is 1.41 bits per heavy atom. The van der Waals surface area contributed by atoms with Crippen LogP contribution in [0.4, 0.5) is 5.69 Å². The SMILES string of the molecule is CCCN1CCC(C(=O)Nc2ccc3c(c2)SCCO3)CC1. The zero-order valence-electron chi connectivity index (χ0n) is 13.1. The van der Waals surface area contributed by atoms with E-state index >= 15 is 0 Å². The molecule has 0 saturated carbocycles. The molecule has 1 N–H and O–H groups in total. The van der Waals surface area contributed by atoms with E-state index in [1.807, 2.05) is 18.2 Å². The molecule has 0 radical (unpaired) electrons. The van der Waals surface area contributed by atoms with Crippen LogP contribution in [0.3, 0.4) is 0 Å². The summed E-state index contributed by atoms with van der Waals surface area (Å²) in [4.78, 5) is 16.0. The Hall–Kier alpha value is -1.20. The zero-order valence-corrected chi connectivity index (χ0v) is 14.0. The number of ether oxygens (including phenoxy) is 1. The highest BCUT2D eigenvalue weighted by Gasteiger charge is 2.24. The van der Waals surface area contributed by atoms with E-state index in [-0.39, 0.29) is 11.8 Å². The van der Waals surface area contributed by atoms with Gasteiger partial charge < -0.3 is 15.0 Å². The minimum Gasteiger partial charge on any atom is -0.492 e. The predicted molar refractivity (Wildman–Crippen MR) is 90.7 cm³/mol. The van der Waals surface area contributed by atoms with Crippen molar-refractivity contribution < 1.29 is 9.53 Å². The summed E-state index contributed by atoms with van der Waals surface area (Å²) in [6.45, 7) is 6.20. The molecule has 2 heterocycles. The maximum Gasteiger partial charge on any atom is 0.227 e. The monoisotopic (exact) mass is 320 g/mol. The Labute approximate surface area is 136 Å². The molecule has 0 atom stereocenters. The third-order valence-electron chi connectivity index (χ3n) is 4.31. The third kappa shape index (κ3) is 3.76. The number of carbonyl (C=O) groups is 1. The van der Waals surface area contributed by atoms with Crippen LogP contribution in [-0.2, 0) is 4.79 Å². The number of nitrogens with one attached hydrogen (secondary N) is 1. The number of likely N-dealkylation sites (tertiary alicyclic amines) is 1. The Morgan fingerprint density at radius 2 is 2.23 bits per heavy atom. The minimum absolute atomic E-state index is 0.146. The van der Waals surface area contributed by atoms with Gasteiger partial charge >= 0.3 is 0 Å². The van der Waals surface area contributed by atoms with Crippen molar-refractivity contribution in [2.24, 2.45) is 5.92 Å². The highest BCUT2D eigenvalue weighted by atomic mass is 32.2. The fourth-order valence-electron chi connectivity index (χ4n) is 3.10. The molecule has 2 aliphatic heterocycles. The van der Waals surface area contributed by atoms with Gasteiger partial charge in [0.2, 0.25) is 5.91 Å². The van der Waals surface area contributed by atoms with Crippen molar-refractivity contribution in [2.45, 2.75) is 31.1 Å². The van der Waals surface area contributed by atoms with E-state index in [2.05, 4.69) is 17.1 Å². The molecule has 0 aliphatic carbocycles. The second kappa shape index (κ2) is 7.38. The average molecular weight is 320 g/mol. The van der Waals surface area contributed by atoms with Gasteiger partial charge in [-0.1, -0.05) is 6.92 Å². The molecule has 1 aromatic carbocycles. The molecule has 1 amide bonds. The molecule has 4 nitrogen and oxygen atoms in total. The highest BCUT2D eigenvalue weighted by Crippen LogP contribution is 2.35. The van der Waals surface area contributed by atoms with Crippen LogP contribution in [0.2, 0.25) is 0 Å². The fourth-order valence-corrected chi connectivity index (χ4v) is 3.97. The molecule has 1 fully saturated rings. The number of thioether (sulfide) groups is 1. The van der Waals surface area contributed by atoms with Crippen molar-refractivity contribution in [1.82, 2.24) is 4.90 Å². The van der Waals surface area contributed by atoms with E-state index in [9.17, 15) is 4.79 Å². The lowest BCUT2D eigenvalue weighted by Gasteiger charge is -2.31. The third-order valence-corrected chi connectivity index (χ3v) is 5.31. The molecular formula is C17H24N2O2S. The van der Waals surface area contributed by atoms with E-state index < -0.39 is 0 Å². The molecule has 1 aromatic rings. The van der Waals surface area contributed by atoms with E-state index in [0.29, 0.717) is 0 Å². The number of nitrogens with zero attached hydrogens (tertiary/aromatic N) is 1. The van der Waals surface area contributed by atoms with Crippen LogP contribution in [0.15, 0.2) is 23.1 Å². The summed E-state index contributed by atoms with van der Waals surface area (Å²) in [5, 5.41) is 3.08. The first kappa shape index (κ1) is 15.7. The summed E-state index contributed by atoms with van der Waals surface area (Å²) < 4.78 is 5.60. The number of hydrogen-bond donors (Lipinski definition) is 1. The standard InChI is InChI=1S/C17H24N2O2S/c1-2-7-19-8-5-13(6-9-19)17(20)18-14-3-4-15-16(12-14)22-11-10-21-15/h3-4,12-13H,2,5-11H2,1H3,(H,18,20). The van der Waals surface area contributed by atoms with Crippen molar-refractivity contribution in [2.75, 3.05) is 37.3 Å². The number of anilines is 1. The first-order chi connectivity index (χ1) is 10.8. The number of rotatable bonds is 4. The number of carbonyl (C=O) groups excluding carboxylic acids is 1. The van der Waals surface area contributed by atoms with Gasteiger partial charge in [0, 0.05) is 17.4 Å². The Kier molecular flexibility index (Phi) is 5.26. The second-order valence-electron chi connectivity index (χ2n) is 5.96. The van der Waals surface area contributed by atoms with Crippen molar-refractivity contribution in [3.05, 3.63) is 18.2 Å². The Balaban J connectivity index is 1.56. The molecule has 0 aromatic heterocycles. The molecule has 22 heavy (non-hydrogen) atoms. The lowest BCUT2D eigenvalue weighted by atomic mass is 9.95. The second-order valence-corrected chi connectivity index (χ2v) is 7.10. The van der Waals surface area contributed by atoms with Crippen LogP contribution >= 0.6 is 11.8 Å². The van der Waals surface area contributed by atoms with Crippen LogP contribution in [-0.4, -0.2) is 42.8 Å². The molecule has 0 bridgehead atoms. The molecule has 0 spiro atoms. The van der Waals surface area contributed by atoms with Crippen LogP contribution in [0.25, 0.3) is 0 Å². The lowest BCUT2D eigenvalue weighted by Crippen LogP contribution is -2.38. The first-order valence-electron chi connectivity index (χ1n) is 8.19. The van der Waals surface area contributed by atoms with Gasteiger partial charge in [-0.15, -0.1) is 11.8 Å². The van der Waals surface area contributed by atoms with E-state index in [1.54, 1.807) is 11.8 Å². The largest absolute Gasteiger partial charge is 0.492 e. The minimum atomic E-state index is 0.146.